The van der Waals surface area contributed by atoms with Gasteiger partial charge in [0.25, 0.3) is 0 Å². The zero-order valence-electron chi connectivity index (χ0n) is 15.9. The first-order valence-electron chi connectivity index (χ1n) is 9.39. The highest BCUT2D eigenvalue weighted by Gasteiger charge is 2.19. The Morgan fingerprint density at radius 2 is 1.58 bits per heavy atom. The molecule has 0 amide bonds. The van der Waals surface area contributed by atoms with Crippen molar-refractivity contribution in [2.75, 3.05) is 0 Å². The van der Waals surface area contributed by atoms with Crippen molar-refractivity contribution in [3.8, 4) is 17.2 Å². The molecule has 0 fully saturated rings. The zero-order valence-corrected chi connectivity index (χ0v) is 15.9. The quantitative estimate of drug-likeness (QED) is 0.243. The van der Waals surface area contributed by atoms with Crippen molar-refractivity contribution in [2.24, 2.45) is 0 Å². The van der Waals surface area contributed by atoms with E-state index in [-0.39, 0.29) is 30.1 Å². The molecule has 5 nitrogen and oxygen atoms in total. The SMILES string of the molecule is C=CCc1cc(O)c(OC(=O)CCCCC)c(OC(=O)CCCCC)c1. The fraction of sp³-hybridized carbons (Fsp3) is 0.524. The van der Waals surface area contributed by atoms with Gasteiger partial charge in [0.15, 0.2) is 11.5 Å². The Morgan fingerprint density at radius 3 is 2.12 bits per heavy atom. The van der Waals surface area contributed by atoms with Crippen LogP contribution in [0.5, 0.6) is 17.2 Å². The van der Waals surface area contributed by atoms with Gasteiger partial charge in [0.1, 0.15) is 0 Å². The summed E-state index contributed by atoms with van der Waals surface area (Å²) in [6.07, 6.45) is 8.04. The second-order valence-corrected chi connectivity index (χ2v) is 6.30. The third kappa shape index (κ3) is 7.72. The van der Waals surface area contributed by atoms with Crippen LogP contribution in [0.4, 0.5) is 0 Å². The van der Waals surface area contributed by atoms with Gasteiger partial charge in [-0.1, -0.05) is 45.6 Å². The number of carbonyl (C=O) groups is 2. The fourth-order valence-corrected chi connectivity index (χ4v) is 2.48. The zero-order chi connectivity index (χ0) is 19.4. The van der Waals surface area contributed by atoms with Crippen LogP contribution in [0.3, 0.4) is 0 Å². The first kappa shape index (κ1) is 21.7. The van der Waals surface area contributed by atoms with E-state index in [4.69, 9.17) is 9.47 Å². The first-order valence-corrected chi connectivity index (χ1v) is 9.39. The van der Waals surface area contributed by atoms with Gasteiger partial charge in [-0.05, 0) is 37.0 Å². The molecule has 0 radical (unpaired) electrons. The molecule has 0 saturated carbocycles. The number of carbonyl (C=O) groups excluding carboxylic acids is 2. The summed E-state index contributed by atoms with van der Waals surface area (Å²) in [5.74, 6) is -1.09. The number of rotatable bonds is 12. The maximum absolute atomic E-state index is 12.1. The van der Waals surface area contributed by atoms with Gasteiger partial charge in [-0.3, -0.25) is 9.59 Å². The Balaban J connectivity index is 2.93. The molecule has 0 saturated heterocycles. The van der Waals surface area contributed by atoms with Gasteiger partial charge in [0, 0.05) is 12.8 Å². The summed E-state index contributed by atoms with van der Waals surface area (Å²) in [6, 6.07) is 3.10. The Labute approximate surface area is 156 Å². The van der Waals surface area contributed by atoms with Gasteiger partial charge in [-0.15, -0.1) is 6.58 Å². The summed E-state index contributed by atoms with van der Waals surface area (Å²) in [5, 5.41) is 10.2. The van der Waals surface area contributed by atoms with E-state index in [9.17, 15) is 14.7 Å². The Hall–Kier alpha value is -2.30. The first-order chi connectivity index (χ1) is 12.5. The second-order valence-electron chi connectivity index (χ2n) is 6.30. The highest BCUT2D eigenvalue weighted by molar-refractivity contribution is 5.77. The van der Waals surface area contributed by atoms with Gasteiger partial charge in [0.05, 0.1) is 0 Å². The number of aromatic hydroxyl groups is 1. The number of benzene rings is 1. The van der Waals surface area contributed by atoms with E-state index in [1.54, 1.807) is 12.1 Å². The molecule has 1 aromatic carbocycles. The fourth-order valence-electron chi connectivity index (χ4n) is 2.48. The van der Waals surface area contributed by atoms with E-state index in [0.29, 0.717) is 6.42 Å². The highest BCUT2D eigenvalue weighted by Crippen LogP contribution is 2.39. The largest absolute Gasteiger partial charge is 0.504 e. The number of phenolic OH excluding ortho intramolecular Hbond substituents is 1. The predicted molar refractivity (Wildman–Crippen MR) is 102 cm³/mol. The monoisotopic (exact) mass is 362 g/mol. The normalized spacial score (nSPS) is 10.4. The standard InChI is InChI=1S/C21H30O5/c1-4-7-9-12-19(23)25-18-15-16(11-6-3)14-17(22)21(18)26-20(24)13-10-8-5-2/h6,14-15,22H,3-5,7-13H2,1-2H3. The van der Waals surface area contributed by atoms with Crippen molar-refractivity contribution >= 4 is 11.9 Å². The van der Waals surface area contributed by atoms with Crippen molar-refractivity contribution in [2.45, 2.75) is 71.6 Å². The molecule has 0 heterocycles. The summed E-state index contributed by atoms with van der Waals surface area (Å²) in [7, 11) is 0. The molecule has 0 spiro atoms. The Kier molecular flexibility index (Phi) is 10.1. The van der Waals surface area contributed by atoms with Crippen LogP contribution in [0.25, 0.3) is 0 Å². The minimum Gasteiger partial charge on any atom is -0.504 e. The third-order valence-electron chi connectivity index (χ3n) is 3.88. The molecule has 0 bridgehead atoms. The summed E-state index contributed by atoms with van der Waals surface area (Å²) in [6.45, 7) is 7.77. The van der Waals surface area contributed by atoms with Gasteiger partial charge >= 0.3 is 11.9 Å². The number of unbranched alkanes of at least 4 members (excludes halogenated alkanes) is 4. The lowest BCUT2D eigenvalue weighted by atomic mass is 10.1. The van der Waals surface area contributed by atoms with E-state index < -0.39 is 11.9 Å². The molecule has 1 aromatic rings. The van der Waals surface area contributed by atoms with Gasteiger partial charge in [-0.25, -0.2) is 0 Å². The number of phenols is 1. The van der Waals surface area contributed by atoms with E-state index in [1.165, 1.54) is 6.07 Å². The van der Waals surface area contributed by atoms with Crippen LogP contribution in [-0.4, -0.2) is 17.0 Å². The third-order valence-corrected chi connectivity index (χ3v) is 3.88. The lowest BCUT2D eigenvalue weighted by Gasteiger charge is -2.14. The number of allylic oxidation sites excluding steroid dienone is 1. The molecule has 26 heavy (non-hydrogen) atoms. The van der Waals surface area contributed by atoms with Crippen LogP contribution >= 0.6 is 0 Å². The minimum atomic E-state index is -0.450. The molecule has 1 N–H and O–H groups in total. The number of ether oxygens (including phenoxy) is 2. The van der Waals surface area contributed by atoms with Gasteiger partial charge < -0.3 is 14.6 Å². The smallest absolute Gasteiger partial charge is 0.311 e. The number of esters is 2. The van der Waals surface area contributed by atoms with Crippen molar-refractivity contribution in [3.05, 3.63) is 30.4 Å². The van der Waals surface area contributed by atoms with Crippen molar-refractivity contribution in [1.29, 1.82) is 0 Å². The average molecular weight is 362 g/mol. The highest BCUT2D eigenvalue weighted by atomic mass is 16.6. The topological polar surface area (TPSA) is 72.8 Å². The molecule has 0 aliphatic heterocycles. The van der Waals surface area contributed by atoms with E-state index in [0.717, 1.165) is 44.1 Å². The Morgan fingerprint density at radius 1 is 1.00 bits per heavy atom. The van der Waals surface area contributed by atoms with Gasteiger partial charge in [0.2, 0.25) is 5.75 Å². The molecule has 0 aromatic heterocycles. The molecule has 144 valence electrons. The summed E-state index contributed by atoms with van der Waals surface area (Å²) >= 11 is 0. The lowest BCUT2D eigenvalue weighted by Crippen LogP contribution is -2.12. The summed E-state index contributed by atoms with van der Waals surface area (Å²) in [4.78, 5) is 24.1. The van der Waals surface area contributed by atoms with E-state index in [2.05, 4.69) is 13.5 Å². The van der Waals surface area contributed by atoms with Crippen molar-refractivity contribution in [3.63, 3.8) is 0 Å². The van der Waals surface area contributed by atoms with Crippen LogP contribution in [0, 0.1) is 0 Å². The molecule has 0 aliphatic carbocycles. The molecular weight excluding hydrogens is 332 g/mol. The maximum Gasteiger partial charge on any atom is 0.311 e. The van der Waals surface area contributed by atoms with Crippen molar-refractivity contribution < 1.29 is 24.2 Å². The van der Waals surface area contributed by atoms with E-state index >= 15 is 0 Å². The van der Waals surface area contributed by atoms with E-state index in [1.807, 2.05) is 6.92 Å². The maximum atomic E-state index is 12.1. The van der Waals surface area contributed by atoms with Gasteiger partial charge in [-0.2, -0.15) is 0 Å². The number of hydrogen-bond donors (Lipinski definition) is 1. The molecule has 1 rings (SSSR count). The summed E-state index contributed by atoms with van der Waals surface area (Å²) < 4.78 is 10.7. The number of hydrogen-bond acceptors (Lipinski definition) is 5. The Bertz CT molecular complexity index is 607. The van der Waals surface area contributed by atoms with Crippen LogP contribution in [-0.2, 0) is 16.0 Å². The molecular formula is C21H30O5. The molecule has 5 heteroatoms. The second kappa shape index (κ2) is 12.1. The molecule has 0 unspecified atom stereocenters. The average Bonchev–Trinajstić information content (AvgIpc) is 2.59. The molecule has 0 aliphatic rings. The van der Waals surface area contributed by atoms with Crippen LogP contribution in [0.1, 0.15) is 70.8 Å². The van der Waals surface area contributed by atoms with Crippen LogP contribution in [0.15, 0.2) is 24.8 Å². The van der Waals surface area contributed by atoms with Crippen LogP contribution < -0.4 is 9.47 Å². The lowest BCUT2D eigenvalue weighted by molar-refractivity contribution is -0.137. The van der Waals surface area contributed by atoms with Crippen molar-refractivity contribution in [1.82, 2.24) is 0 Å². The predicted octanol–water partition coefficient (Wildman–Crippen LogP) is 5.09. The van der Waals surface area contributed by atoms with Crippen LogP contribution in [0.2, 0.25) is 0 Å². The summed E-state index contributed by atoms with van der Waals surface area (Å²) in [5.41, 5.74) is 0.722. The molecule has 0 atom stereocenters. The minimum absolute atomic E-state index is 0.0761.